The molecule has 0 radical (unpaired) electrons. The first-order valence-corrected chi connectivity index (χ1v) is 8.24. The van der Waals surface area contributed by atoms with Gasteiger partial charge in [-0.3, -0.25) is 9.78 Å². The van der Waals surface area contributed by atoms with E-state index in [0.717, 1.165) is 14.7 Å². The number of benzene rings is 1. The molecule has 21 heavy (non-hydrogen) atoms. The fraction of sp³-hybridized carbons (Fsp3) is 0.0667. The molecule has 2 aromatic heterocycles. The molecule has 1 aromatic carbocycles. The fourth-order valence-corrected chi connectivity index (χ4v) is 3.66. The number of halogens is 2. The maximum absolute atomic E-state index is 12.4. The molecule has 0 fully saturated rings. The van der Waals surface area contributed by atoms with Crippen LogP contribution in [-0.2, 0) is 6.54 Å². The molecule has 106 valence electrons. The summed E-state index contributed by atoms with van der Waals surface area (Å²) in [5.74, 6) is -0.175. The van der Waals surface area contributed by atoms with Gasteiger partial charge in [-0.1, -0.05) is 17.7 Å². The second-order valence-corrected chi connectivity index (χ2v) is 6.79. The molecule has 0 bridgehead atoms. The first-order chi connectivity index (χ1) is 10.1. The number of carbonyl (C=O) groups is 1. The standard InChI is InChI=1S/C15H10BrClN2OS/c16-10-5-12(21-8-10)7-19-15(20)13-6-11(17)4-9-2-1-3-18-14(9)13/h1-6,8H,7H2,(H,19,20). The molecule has 0 unspecified atom stereocenters. The first-order valence-electron chi connectivity index (χ1n) is 6.19. The molecular formula is C15H10BrClN2OS. The van der Waals surface area contributed by atoms with E-state index in [-0.39, 0.29) is 5.91 Å². The highest BCUT2D eigenvalue weighted by atomic mass is 79.9. The topological polar surface area (TPSA) is 42.0 Å². The fourth-order valence-electron chi connectivity index (χ4n) is 2.04. The van der Waals surface area contributed by atoms with Crippen LogP contribution in [0.3, 0.4) is 0 Å². The third kappa shape index (κ3) is 3.26. The van der Waals surface area contributed by atoms with Gasteiger partial charge in [0.2, 0.25) is 0 Å². The second kappa shape index (κ2) is 6.13. The Hall–Kier alpha value is -1.43. The van der Waals surface area contributed by atoms with E-state index in [9.17, 15) is 4.79 Å². The Morgan fingerprint density at radius 2 is 2.24 bits per heavy atom. The summed E-state index contributed by atoms with van der Waals surface area (Å²) in [6, 6.07) is 9.15. The van der Waals surface area contributed by atoms with Gasteiger partial charge >= 0.3 is 0 Å². The van der Waals surface area contributed by atoms with Crippen molar-refractivity contribution in [2.24, 2.45) is 0 Å². The van der Waals surface area contributed by atoms with Crippen molar-refractivity contribution < 1.29 is 4.79 Å². The van der Waals surface area contributed by atoms with Gasteiger partial charge in [-0.25, -0.2) is 0 Å². The summed E-state index contributed by atoms with van der Waals surface area (Å²) >= 11 is 11.1. The monoisotopic (exact) mass is 380 g/mol. The van der Waals surface area contributed by atoms with Crippen LogP contribution in [-0.4, -0.2) is 10.9 Å². The smallest absolute Gasteiger partial charge is 0.253 e. The second-order valence-electron chi connectivity index (χ2n) is 4.44. The summed E-state index contributed by atoms with van der Waals surface area (Å²) in [4.78, 5) is 17.7. The largest absolute Gasteiger partial charge is 0.347 e. The van der Waals surface area contributed by atoms with E-state index in [1.807, 2.05) is 23.6 Å². The molecule has 0 saturated carbocycles. The first kappa shape index (κ1) is 14.5. The molecule has 0 aliphatic carbocycles. The normalized spacial score (nSPS) is 10.8. The van der Waals surface area contributed by atoms with Gasteiger partial charge in [-0.05, 0) is 40.2 Å². The van der Waals surface area contributed by atoms with Gasteiger partial charge in [0.25, 0.3) is 5.91 Å². The summed E-state index contributed by atoms with van der Waals surface area (Å²) in [5.41, 5.74) is 1.15. The minimum atomic E-state index is -0.175. The minimum Gasteiger partial charge on any atom is -0.347 e. The quantitative estimate of drug-likeness (QED) is 0.718. The molecule has 0 spiro atoms. The molecule has 0 aliphatic rings. The zero-order valence-corrected chi connectivity index (χ0v) is 13.9. The number of nitrogens with one attached hydrogen (secondary N) is 1. The predicted molar refractivity (Wildman–Crippen MR) is 89.9 cm³/mol. The van der Waals surface area contributed by atoms with Crippen LogP contribution >= 0.6 is 38.9 Å². The third-order valence-corrected chi connectivity index (χ3v) is 4.88. The van der Waals surface area contributed by atoms with E-state index < -0.39 is 0 Å². The molecule has 0 aliphatic heterocycles. The number of rotatable bonds is 3. The van der Waals surface area contributed by atoms with Crippen molar-refractivity contribution in [3.63, 3.8) is 0 Å². The van der Waals surface area contributed by atoms with Crippen LogP contribution in [0, 0.1) is 0 Å². The number of pyridine rings is 1. The minimum absolute atomic E-state index is 0.175. The zero-order chi connectivity index (χ0) is 14.8. The Morgan fingerprint density at radius 1 is 1.38 bits per heavy atom. The van der Waals surface area contributed by atoms with Gasteiger partial charge in [-0.15, -0.1) is 11.3 Å². The molecule has 2 heterocycles. The van der Waals surface area contributed by atoms with Crippen molar-refractivity contribution in [1.29, 1.82) is 0 Å². The summed E-state index contributed by atoms with van der Waals surface area (Å²) < 4.78 is 1.02. The van der Waals surface area contributed by atoms with Crippen molar-refractivity contribution in [3.8, 4) is 0 Å². The number of nitrogens with zero attached hydrogens (tertiary/aromatic N) is 1. The number of thiophene rings is 1. The summed E-state index contributed by atoms with van der Waals surface area (Å²) in [7, 11) is 0. The average Bonchev–Trinajstić information content (AvgIpc) is 2.89. The van der Waals surface area contributed by atoms with Crippen LogP contribution in [0.4, 0.5) is 0 Å². The van der Waals surface area contributed by atoms with Crippen molar-refractivity contribution in [2.75, 3.05) is 0 Å². The number of hydrogen-bond acceptors (Lipinski definition) is 3. The number of carbonyl (C=O) groups excluding carboxylic acids is 1. The van der Waals surface area contributed by atoms with Gasteiger partial charge in [0.15, 0.2) is 0 Å². The Balaban J connectivity index is 1.87. The van der Waals surface area contributed by atoms with Crippen molar-refractivity contribution in [2.45, 2.75) is 6.54 Å². The van der Waals surface area contributed by atoms with Gasteiger partial charge in [0, 0.05) is 31.3 Å². The third-order valence-electron chi connectivity index (χ3n) is 2.96. The van der Waals surface area contributed by atoms with Crippen LogP contribution in [0.2, 0.25) is 5.02 Å². The van der Waals surface area contributed by atoms with Crippen LogP contribution in [0.15, 0.2) is 46.4 Å². The lowest BCUT2D eigenvalue weighted by atomic mass is 10.1. The van der Waals surface area contributed by atoms with E-state index in [0.29, 0.717) is 22.6 Å². The van der Waals surface area contributed by atoms with E-state index in [4.69, 9.17) is 11.6 Å². The van der Waals surface area contributed by atoms with E-state index in [2.05, 4.69) is 26.2 Å². The number of amides is 1. The Morgan fingerprint density at radius 3 is 3.00 bits per heavy atom. The van der Waals surface area contributed by atoms with E-state index in [1.54, 1.807) is 29.7 Å². The van der Waals surface area contributed by atoms with Crippen LogP contribution in [0.1, 0.15) is 15.2 Å². The number of hydrogen-bond donors (Lipinski definition) is 1. The lowest BCUT2D eigenvalue weighted by Gasteiger charge is -2.07. The Kier molecular flexibility index (Phi) is 4.24. The maximum Gasteiger partial charge on any atom is 0.253 e. The molecule has 1 amide bonds. The Bertz CT molecular complexity index is 818. The lowest BCUT2D eigenvalue weighted by molar-refractivity contribution is 0.0953. The molecule has 6 heteroatoms. The molecule has 3 nitrogen and oxygen atoms in total. The summed E-state index contributed by atoms with van der Waals surface area (Å²) in [6.07, 6.45) is 1.67. The van der Waals surface area contributed by atoms with E-state index in [1.165, 1.54) is 0 Å². The summed E-state index contributed by atoms with van der Waals surface area (Å²) in [5, 5.41) is 6.27. The maximum atomic E-state index is 12.4. The molecule has 3 rings (SSSR count). The molecule has 0 saturated heterocycles. The van der Waals surface area contributed by atoms with Crippen molar-refractivity contribution >= 4 is 55.7 Å². The highest BCUT2D eigenvalue weighted by Crippen LogP contribution is 2.23. The van der Waals surface area contributed by atoms with Gasteiger partial charge < -0.3 is 5.32 Å². The van der Waals surface area contributed by atoms with Gasteiger partial charge in [0.1, 0.15) is 0 Å². The Labute approximate surface area is 139 Å². The van der Waals surface area contributed by atoms with Crippen LogP contribution < -0.4 is 5.32 Å². The SMILES string of the molecule is O=C(NCc1cc(Br)cs1)c1cc(Cl)cc2cccnc12. The zero-order valence-electron chi connectivity index (χ0n) is 10.8. The molecular weight excluding hydrogens is 372 g/mol. The van der Waals surface area contributed by atoms with Gasteiger partial charge in [-0.2, -0.15) is 0 Å². The van der Waals surface area contributed by atoms with Gasteiger partial charge in [0.05, 0.1) is 17.6 Å². The van der Waals surface area contributed by atoms with Crippen LogP contribution in [0.25, 0.3) is 10.9 Å². The number of aromatic nitrogens is 1. The van der Waals surface area contributed by atoms with E-state index >= 15 is 0 Å². The molecule has 0 atom stereocenters. The van der Waals surface area contributed by atoms with Crippen molar-refractivity contribution in [3.05, 3.63) is 61.8 Å². The average molecular weight is 382 g/mol. The summed E-state index contributed by atoms with van der Waals surface area (Å²) in [6.45, 7) is 0.482. The highest BCUT2D eigenvalue weighted by molar-refractivity contribution is 9.10. The highest BCUT2D eigenvalue weighted by Gasteiger charge is 2.12. The molecule has 1 N–H and O–H groups in total. The predicted octanol–water partition coefficient (Wildman–Crippen LogP) is 4.64. The lowest BCUT2D eigenvalue weighted by Crippen LogP contribution is -2.22. The molecule has 3 aromatic rings. The van der Waals surface area contributed by atoms with Crippen molar-refractivity contribution in [1.82, 2.24) is 10.3 Å². The van der Waals surface area contributed by atoms with Crippen LogP contribution in [0.5, 0.6) is 0 Å². The number of fused-ring (bicyclic) bond motifs is 1.